The highest BCUT2D eigenvalue weighted by atomic mass is 15.0. The molecule has 3 heteroatoms. The van der Waals surface area contributed by atoms with Gasteiger partial charge in [-0.1, -0.05) is 72.8 Å². The molecule has 0 unspecified atom stereocenters. The Balaban J connectivity index is 1.74. The van der Waals surface area contributed by atoms with Crippen molar-refractivity contribution in [2.24, 2.45) is 0 Å². The Kier molecular flexibility index (Phi) is 4.16. The van der Waals surface area contributed by atoms with Crippen LogP contribution in [-0.2, 0) is 0 Å². The summed E-state index contributed by atoms with van der Waals surface area (Å²) < 4.78 is 2.10. The molecule has 0 radical (unpaired) electrons. The minimum Gasteiger partial charge on any atom is -0.305 e. The molecule has 2 aromatic heterocycles. The average Bonchev–Trinajstić information content (AvgIpc) is 3.24. The molecular formula is C26H17N3. The predicted octanol–water partition coefficient (Wildman–Crippen LogP) is 6.21. The number of imidazole rings is 1. The maximum absolute atomic E-state index is 9.08. The summed E-state index contributed by atoms with van der Waals surface area (Å²) in [5.74, 6) is 0. The molecule has 0 bridgehead atoms. The van der Waals surface area contributed by atoms with Gasteiger partial charge >= 0.3 is 0 Å². The Hall–Kier alpha value is -4.16. The fourth-order valence-electron chi connectivity index (χ4n) is 3.57. The number of pyridine rings is 1. The van der Waals surface area contributed by atoms with Gasteiger partial charge in [-0.05, 0) is 34.9 Å². The molecule has 0 atom stereocenters. The first-order valence-corrected chi connectivity index (χ1v) is 9.46. The van der Waals surface area contributed by atoms with Crippen LogP contribution < -0.4 is 0 Å². The first-order chi connectivity index (χ1) is 14.3. The average molecular weight is 371 g/mol. The fourth-order valence-corrected chi connectivity index (χ4v) is 3.57. The fraction of sp³-hybridized carbons (Fsp3) is 0. The third-order valence-electron chi connectivity index (χ3n) is 5.05. The molecule has 0 amide bonds. The third kappa shape index (κ3) is 3.18. The van der Waals surface area contributed by atoms with Crippen molar-refractivity contribution in [2.75, 3.05) is 0 Å². The van der Waals surface area contributed by atoms with Crippen LogP contribution in [0, 0.1) is 11.3 Å². The molecule has 0 saturated carbocycles. The first-order valence-electron chi connectivity index (χ1n) is 9.46. The minimum absolute atomic E-state index is 0.659. The lowest BCUT2D eigenvalue weighted by Gasteiger charge is -2.09. The summed E-state index contributed by atoms with van der Waals surface area (Å²) in [6.07, 6.45) is 4.17. The number of hydrogen-bond acceptors (Lipinski definition) is 2. The topological polar surface area (TPSA) is 41.1 Å². The number of rotatable bonds is 3. The molecule has 0 aliphatic carbocycles. The Morgan fingerprint density at radius 2 is 1.31 bits per heavy atom. The van der Waals surface area contributed by atoms with E-state index in [1.807, 2.05) is 60.7 Å². The van der Waals surface area contributed by atoms with Crippen molar-refractivity contribution in [3.63, 3.8) is 0 Å². The van der Waals surface area contributed by atoms with Gasteiger partial charge in [-0.2, -0.15) is 5.26 Å². The molecule has 5 aromatic rings. The van der Waals surface area contributed by atoms with Crippen LogP contribution in [0.25, 0.3) is 39.2 Å². The monoisotopic (exact) mass is 371 g/mol. The summed E-state index contributed by atoms with van der Waals surface area (Å²) in [6.45, 7) is 0. The van der Waals surface area contributed by atoms with E-state index in [0.29, 0.717) is 5.56 Å². The van der Waals surface area contributed by atoms with Crippen LogP contribution in [0.2, 0.25) is 0 Å². The molecule has 3 aromatic carbocycles. The normalized spacial score (nSPS) is 10.7. The van der Waals surface area contributed by atoms with Gasteiger partial charge in [0.25, 0.3) is 0 Å². The lowest BCUT2D eigenvalue weighted by Crippen LogP contribution is -1.91. The van der Waals surface area contributed by atoms with Crippen molar-refractivity contribution in [2.45, 2.75) is 0 Å². The first kappa shape index (κ1) is 17.0. The zero-order chi connectivity index (χ0) is 19.6. The maximum Gasteiger partial charge on any atom is 0.145 e. The number of nitrogens with zero attached hydrogens (tertiary/aromatic N) is 3. The van der Waals surface area contributed by atoms with E-state index in [-0.39, 0.29) is 0 Å². The number of hydrogen-bond donors (Lipinski definition) is 0. The van der Waals surface area contributed by atoms with Gasteiger partial charge in [0.15, 0.2) is 0 Å². The summed E-state index contributed by atoms with van der Waals surface area (Å²) in [6, 6.07) is 32.6. The second-order valence-electron chi connectivity index (χ2n) is 6.92. The Morgan fingerprint density at radius 1 is 0.655 bits per heavy atom. The molecule has 0 saturated heterocycles. The summed E-state index contributed by atoms with van der Waals surface area (Å²) in [5.41, 5.74) is 7.97. The molecule has 29 heavy (non-hydrogen) atoms. The van der Waals surface area contributed by atoms with Gasteiger partial charge in [-0.3, -0.25) is 0 Å². The summed E-state index contributed by atoms with van der Waals surface area (Å²) >= 11 is 0. The van der Waals surface area contributed by atoms with Crippen molar-refractivity contribution < 1.29 is 0 Å². The summed E-state index contributed by atoms with van der Waals surface area (Å²) in [5, 5.41) is 9.08. The van der Waals surface area contributed by atoms with E-state index in [4.69, 9.17) is 10.2 Å². The molecule has 0 fully saturated rings. The van der Waals surface area contributed by atoms with Crippen LogP contribution in [0.15, 0.2) is 103 Å². The number of nitriles is 1. The SMILES string of the molecule is N#Cc1ccc(-c2cc(-c3ccccc3)c3nc(-c4ccccc4)cn3c2)cc1. The quantitative estimate of drug-likeness (QED) is 0.378. The van der Waals surface area contributed by atoms with E-state index < -0.39 is 0 Å². The number of benzene rings is 3. The van der Waals surface area contributed by atoms with Gasteiger partial charge in [-0.15, -0.1) is 0 Å². The van der Waals surface area contributed by atoms with Crippen LogP contribution in [0.4, 0.5) is 0 Å². The number of aromatic nitrogens is 2. The second kappa shape index (κ2) is 7.10. The van der Waals surface area contributed by atoms with Gasteiger partial charge < -0.3 is 4.40 Å². The highest BCUT2D eigenvalue weighted by Gasteiger charge is 2.12. The maximum atomic E-state index is 9.08. The van der Waals surface area contributed by atoms with Crippen molar-refractivity contribution in [3.8, 4) is 39.6 Å². The number of fused-ring (bicyclic) bond motifs is 1. The van der Waals surface area contributed by atoms with E-state index in [1.165, 1.54) is 0 Å². The smallest absolute Gasteiger partial charge is 0.145 e. The van der Waals surface area contributed by atoms with Crippen LogP contribution in [0.1, 0.15) is 5.56 Å². The minimum atomic E-state index is 0.659. The largest absolute Gasteiger partial charge is 0.305 e. The molecule has 0 aliphatic rings. The van der Waals surface area contributed by atoms with Crippen LogP contribution >= 0.6 is 0 Å². The Labute approximate surface area is 169 Å². The molecule has 136 valence electrons. The van der Waals surface area contributed by atoms with E-state index in [2.05, 4.69) is 53.2 Å². The molecule has 0 spiro atoms. The van der Waals surface area contributed by atoms with Crippen LogP contribution in [0.5, 0.6) is 0 Å². The second-order valence-corrected chi connectivity index (χ2v) is 6.92. The van der Waals surface area contributed by atoms with Crippen molar-refractivity contribution in [1.82, 2.24) is 9.38 Å². The van der Waals surface area contributed by atoms with Gasteiger partial charge in [0, 0.05) is 23.5 Å². The molecule has 0 aliphatic heterocycles. The predicted molar refractivity (Wildman–Crippen MR) is 116 cm³/mol. The van der Waals surface area contributed by atoms with Crippen molar-refractivity contribution >= 4 is 5.65 Å². The van der Waals surface area contributed by atoms with E-state index in [1.54, 1.807) is 0 Å². The van der Waals surface area contributed by atoms with Gasteiger partial charge in [0.05, 0.1) is 17.3 Å². The molecule has 0 N–H and O–H groups in total. The molecule has 2 heterocycles. The standard InChI is InChI=1S/C26H17N3/c27-16-19-11-13-20(14-12-19)23-15-24(21-7-3-1-4-8-21)26-28-25(18-29(26)17-23)22-9-5-2-6-10-22/h1-15,17-18H. The van der Waals surface area contributed by atoms with Gasteiger partial charge in [0.2, 0.25) is 0 Å². The molecule has 3 nitrogen and oxygen atoms in total. The zero-order valence-corrected chi connectivity index (χ0v) is 15.7. The van der Waals surface area contributed by atoms with Crippen LogP contribution in [-0.4, -0.2) is 9.38 Å². The zero-order valence-electron chi connectivity index (χ0n) is 15.7. The van der Waals surface area contributed by atoms with Gasteiger partial charge in [0.1, 0.15) is 5.65 Å². The van der Waals surface area contributed by atoms with E-state index in [0.717, 1.165) is 39.2 Å². The summed E-state index contributed by atoms with van der Waals surface area (Å²) in [7, 11) is 0. The molecular weight excluding hydrogens is 354 g/mol. The van der Waals surface area contributed by atoms with E-state index >= 15 is 0 Å². The molecule has 5 rings (SSSR count). The lowest BCUT2D eigenvalue weighted by molar-refractivity contribution is 1.19. The highest BCUT2D eigenvalue weighted by molar-refractivity contribution is 5.84. The van der Waals surface area contributed by atoms with Gasteiger partial charge in [-0.25, -0.2) is 4.98 Å². The van der Waals surface area contributed by atoms with E-state index in [9.17, 15) is 0 Å². The van der Waals surface area contributed by atoms with Crippen molar-refractivity contribution in [3.05, 3.63) is 109 Å². The third-order valence-corrected chi connectivity index (χ3v) is 5.05. The lowest BCUT2D eigenvalue weighted by atomic mass is 10.0. The Morgan fingerprint density at radius 3 is 1.97 bits per heavy atom. The van der Waals surface area contributed by atoms with Crippen molar-refractivity contribution in [1.29, 1.82) is 5.26 Å². The summed E-state index contributed by atoms with van der Waals surface area (Å²) in [4.78, 5) is 4.94. The van der Waals surface area contributed by atoms with Crippen LogP contribution in [0.3, 0.4) is 0 Å². The Bertz CT molecular complexity index is 1330. The highest BCUT2D eigenvalue weighted by Crippen LogP contribution is 2.32.